The van der Waals surface area contributed by atoms with Gasteiger partial charge >= 0.3 is 0 Å². The van der Waals surface area contributed by atoms with E-state index in [9.17, 15) is 4.79 Å². The molecule has 0 aliphatic carbocycles. The molecule has 0 aliphatic rings. The van der Waals surface area contributed by atoms with Gasteiger partial charge in [-0.25, -0.2) is 4.68 Å². The van der Waals surface area contributed by atoms with E-state index in [0.717, 1.165) is 15.7 Å². The van der Waals surface area contributed by atoms with Crippen molar-refractivity contribution in [2.45, 2.75) is 0 Å². The first-order valence-corrected chi connectivity index (χ1v) is 7.58. The van der Waals surface area contributed by atoms with Gasteiger partial charge < -0.3 is 5.32 Å². The van der Waals surface area contributed by atoms with Crippen molar-refractivity contribution in [1.82, 2.24) is 20.2 Å². The van der Waals surface area contributed by atoms with Gasteiger partial charge in [-0.2, -0.15) is 0 Å². The fourth-order valence-corrected chi connectivity index (χ4v) is 2.17. The summed E-state index contributed by atoms with van der Waals surface area (Å²) in [6.45, 7) is 0. The summed E-state index contributed by atoms with van der Waals surface area (Å²) in [4.78, 5) is 11.9. The number of tetrazole rings is 1. The van der Waals surface area contributed by atoms with E-state index in [1.54, 1.807) is 22.9 Å². The normalized spacial score (nSPS) is 10.8. The van der Waals surface area contributed by atoms with Crippen LogP contribution in [0.25, 0.3) is 11.8 Å². The summed E-state index contributed by atoms with van der Waals surface area (Å²) in [7, 11) is 0. The number of carbonyl (C=O) groups is 1. The molecule has 0 spiro atoms. The lowest BCUT2D eigenvalue weighted by atomic mass is 10.2. The van der Waals surface area contributed by atoms with Crippen molar-refractivity contribution in [2.24, 2.45) is 0 Å². The first-order chi connectivity index (χ1) is 11.2. The van der Waals surface area contributed by atoms with E-state index in [0.29, 0.717) is 5.69 Å². The predicted octanol–water partition coefficient (Wildman–Crippen LogP) is 3.08. The highest BCUT2D eigenvalue weighted by molar-refractivity contribution is 9.10. The van der Waals surface area contributed by atoms with E-state index in [1.807, 2.05) is 36.4 Å². The molecule has 7 heteroatoms. The minimum absolute atomic E-state index is 0.192. The minimum Gasteiger partial charge on any atom is -0.323 e. The highest BCUT2D eigenvalue weighted by Gasteiger charge is 2.00. The van der Waals surface area contributed by atoms with Gasteiger partial charge in [-0.15, -0.1) is 5.10 Å². The Morgan fingerprint density at radius 3 is 2.48 bits per heavy atom. The molecule has 0 aliphatic heterocycles. The summed E-state index contributed by atoms with van der Waals surface area (Å²) < 4.78 is 2.54. The SMILES string of the molecule is O=C(C=Cc1ccc(Br)cc1)Nc1ccc(-n2cnnn2)cc1. The molecule has 1 aromatic heterocycles. The molecule has 2 aromatic carbocycles. The number of aromatic nitrogens is 4. The summed E-state index contributed by atoms with van der Waals surface area (Å²) in [5.41, 5.74) is 2.48. The Balaban J connectivity index is 1.62. The second-order valence-electron chi connectivity index (χ2n) is 4.68. The van der Waals surface area contributed by atoms with Gasteiger partial charge in [0, 0.05) is 16.2 Å². The molecular formula is C16H12BrN5O. The number of benzene rings is 2. The van der Waals surface area contributed by atoms with Crippen LogP contribution in [0.15, 0.2) is 65.4 Å². The number of hydrogen-bond acceptors (Lipinski definition) is 4. The van der Waals surface area contributed by atoms with Crippen molar-refractivity contribution in [3.8, 4) is 5.69 Å². The number of nitrogens with one attached hydrogen (secondary N) is 1. The van der Waals surface area contributed by atoms with Gasteiger partial charge in [-0.05, 0) is 58.5 Å². The summed E-state index contributed by atoms with van der Waals surface area (Å²) in [5.74, 6) is -0.192. The van der Waals surface area contributed by atoms with Gasteiger partial charge in [0.15, 0.2) is 0 Å². The Kier molecular flexibility index (Phi) is 4.58. The monoisotopic (exact) mass is 369 g/mol. The number of rotatable bonds is 4. The van der Waals surface area contributed by atoms with Crippen LogP contribution in [0.1, 0.15) is 5.56 Å². The lowest BCUT2D eigenvalue weighted by molar-refractivity contribution is -0.111. The van der Waals surface area contributed by atoms with E-state index in [-0.39, 0.29) is 5.91 Å². The van der Waals surface area contributed by atoms with Crippen LogP contribution in [0.3, 0.4) is 0 Å². The van der Waals surface area contributed by atoms with Crippen molar-refractivity contribution in [3.63, 3.8) is 0 Å². The van der Waals surface area contributed by atoms with E-state index in [4.69, 9.17) is 0 Å². The van der Waals surface area contributed by atoms with Gasteiger partial charge in [-0.1, -0.05) is 28.1 Å². The van der Waals surface area contributed by atoms with Crippen LogP contribution in [-0.4, -0.2) is 26.1 Å². The van der Waals surface area contributed by atoms with Crippen LogP contribution in [0.4, 0.5) is 5.69 Å². The Morgan fingerprint density at radius 1 is 1.09 bits per heavy atom. The minimum atomic E-state index is -0.192. The topological polar surface area (TPSA) is 72.7 Å². The zero-order valence-electron chi connectivity index (χ0n) is 11.9. The van der Waals surface area contributed by atoms with Crippen molar-refractivity contribution < 1.29 is 4.79 Å². The summed E-state index contributed by atoms with van der Waals surface area (Å²) >= 11 is 3.37. The lowest BCUT2D eigenvalue weighted by Gasteiger charge is -2.04. The zero-order valence-corrected chi connectivity index (χ0v) is 13.5. The Hall–Kier alpha value is -2.80. The van der Waals surface area contributed by atoms with Gasteiger partial charge in [0.25, 0.3) is 0 Å². The maximum Gasteiger partial charge on any atom is 0.248 e. The van der Waals surface area contributed by atoms with E-state index in [2.05, 4.69) is 36.8 Å². The van der Waals surface area contributed by atoms with Crippen molar-refractivity contribution in [1.29, 1.82) is 0 Å². The quantitative estimate of drug-likeness (QED) is 0.717. The average Bonchev–Trinajstić information content (AvgIpc) is 3.09. The molecule has 3 aromatic rings. The maximum atomic E-state index is 11.9. The molecule has 114 valence electrons. The molecular weight excluding hydrogens is 358 g/mol. The van der Waals surface area contributed by atoms with Crippen LogP contribution in [-0.2, 0) is 4.79 Å². The predicted molar refractivity (Wildman–Crippen MR) is 91.0 cm³/mol. The third kappa shape index (κ3) is 4.10. The van der Waals surface area contributed by atoms with E-state index >= 15 is 0 Å². The molecule has 0 unspecified atom stereocenters. The van der Waals surface area contributed by atoms with Crippen molar-refractivity contribution in [2.75, 3.05) is 5.32 Å². The number of carbonyl (C=O) groups excluding carboxylic acids is 1. The van der Waals surface area contributed by atoms with Crippen LogP contribution in [0.5, 0.6) is 0 Å². The van der Waals surface area contributed by atoms with Crippen LogP contribution in [0.2, 0.25) is 0 Å². The first-order valence-electron chi connectivity index (χ1n) is 6.79. The zero-order chi connectivity index (χ0) is 16.1. The number of hydrogen-bond donors (Lipinski definition) is 1. The Labute approximate surface area is 141 Å². The van der Waals surface area contributed by atoms with E-state index < -0.39 is 0 Å². The summed E-state index contributed by atoms with van der Waals surface area (Å²) in [6, 6.07) is 14.9. The van der Waals surface area contributed by atoms with E-state index in [1.165, 1.54) is 12.4 Å². The molecule has 23 heavy (non-hydrogen) atoms. The number of halogens is 1. The van der Waals surface area contributed by atoms with Gasteiger partial charge in [-0.3, -0.25) is 4.79 Å². The third-order valence-corrected chi connectivity index (χ3v) is 3.57. The molecule has 0 atom stereocenters. The third-order valence-electron chi connectivity index (χ3n) is 3.05. The first kappa shape index (κ1) is 15.1. The summed E-state index contributed by atoms with van der Waals surface area (Å²) in [5, 5.41) is 13.8. The van der Waals surface area contributed by atoms with Crippen molar-refractivity contribution in [3.05, 3.63) is 71.0 Å². The van der Waals surface area contributed by atoms with Crippen molar-refractivity contribution >= 4 is 33.6 Å². The molecule has 6 nitrogen and oxygen atoms in total. The molecule has 0 radical (unpaired) electrons. The van der Waals surface area contributed by atoms with Crippen LogP contribution >= 0.6 is 15.9 Å². The molecule has 0 fully saturated rings. The fraction of sp³-hybridized carbons (Fsp3) is 0. The van der Waals surface area contributed by atoms with Gasteiger partial charge in [0.1, 0.15) is 6.33 Å². The fourth-order valence-electron chi connectivity index (χ4n) is 1.91. The molecule has 1 heterocycles. The number of anilines is 1. The molecule has 1 N–H and O–H groups in total. The van der Waals surface area contributed by atoms with Gasteiger partial charge in [0.2, 0.25) is 5.91 Å². The molecule has 0 bridgehead atoms. The van der Waals surface area contributed by atoms with Crippen LogP contribution < -0.4 is 5.32 Å². The maximum absolute atomic E-state index is 11.9. The summed E-state index contributed by atoms with van der Waals surface area (Å²) in [6.07, 6.45) is 4.77. The standard InChI is InChI=1S/C16H12BrN5O/c17-13-4-1-12(2-5-13)3-10-16(23)19-14-6-8-15(9-7-14)22-11-18-20-21-22/h1-11H,(H,19,23). The van der Waals surface area contributed by atoms with Crippen LogP contribution in [0, 0.1) is 0 Å². The highest BCUT2D eigenvalue weighted by Crippen LogP contribution is 2.13. The number of amides is 1. The Bertz CT molecular complexity index is 811. The lowest BCUT2D eigenvalue weighted by Crippen LogP contribution is -2.07. The number of nitrogens with zero attached hydrogens (tertiary/aromatic N) is 4. The average molecular weight is 370 g/mol. The smallest absolute Gasteiger partial charge is 0.248 e. The second-order valence-corrected chi connectivity index (χ2v) is 5.59. The highest BCUT2D eigenvalue weighted by atomic mass is 79.9. The van der Waals surface area contributed by atoms with Gasteiger partial charge in [0.05, 0.1) is 5.69 Å². The molecule has 3 rings (SSSR count). The molecule has 1 amide bonds. The second kappa shape index (κ2) is 6.97. The molecule has 0 saturated heterocycles. The Morgan fingerprint density at radius 2 is 1.83 bits per heavy atom. The molecule has 0 saturated carbocycles. The largest absolute Gasteiger partial charge is 0.323 e.